The molecule has 3 rings (SSSR count). The van der Waals surface area contributed by atoms with E-state index in [-0.39, 0.29) is 28.7 Å². The summed E-state index contributed by atoms with van der Waals surface area (Å²) in [6.07, 6.45) is 0. The molecule has 1 amide bonds. The normalized spacial score (nSPS) is 25.5. The van der Waals surface area contributed by atoms with E-state index in [0.29, 0.717) is 22.4 Å². The van der Waals surface area contributed by atoms with Crippen LogP contribution in [0.2, 0.25) is 0 Å². The van der Waals surface area contributed by atoms with Gasteiger partial charge in [0.15, 0.2) is 15.0 Å². The zero-order chi connectivity index (χ0) is 20.0. The Labute approximate surface area is 164 Å². The van der Waals surface area contributed by atoms with Crippen LogP contribution < -0.4 is 14.4 Å². The van der Waals surface area contributed by atoms with Crippen LogP contribution in [0.25, 0.3) is 0 Å². The largest absolute Gasteiger partial charge is 0.497 e. The molecule has 148 valence electrons. The molecule has 7 nitrogen and oxygen atoms in total. The number of methoxy groups -OCH3 is 2. The van der Waals surface area contributed by atoms with Crippen molar-refractivity contribution >= 4 is 38.4 Å². The van der Waals surface area contributed by atoms with Crippen LogP contribution in [0.5, 0.6) is 11.5 Å². The average Bonchev–Trinajstić information content (AvgIpc) is 3.04. The Hall–Kier alpha value is -1.74. The molecule has 1 aromatic rings. The van der Waals surface area contributed by atoms with E-state index in [1.165, 1.54) is 11.8 Å². The van der Waals surface area contributed by atoms with Gasteiger partial charge in [0.1, 0.15) is 11.5 Å². The lowest BCUT2D eigenvalue weighted by molar-refractivity contribution is -0.124. The summed E-state index contributed by atoms with van der Waals surface area (Å²) in [4.78, 5) is 18.7. The number of sulfone groups is 1. The molecule has 2 fully saturated rings. The Bertz CT molecular complexity index is 890. The smallest absolute Gasteiger partial charge is 0.253 e. The first kappa shape index (κ1) is 20.0. The third-order valence-electron chi connectivity index (χ3n) is 4.55. The van der Waals surface area contributed by atoms with Crippen LogP contribution in [0.15, 0.2) is 23.2 Å². The van der Waals surface area contributed by atoms with Crippen LogP contribution in [0, 0.1) is 5.41 Å². The number of ether oxygens (including phenoxy) is 2. The number of hydrogen-bond acceptors (Lipinski definition) is 6. The van der Waals surface area contributed by atoms with Crippen LogP contribution >= 0.6 is 11.8 Å². The van der Waals surface area contributed by atoms with Gasteiger partial charge in [0.05, 0.1) is 37.5 Å². The molecule has 2 aliphatic rings. The highest BCUT2D eigenvalue weighted by atomic mass is 32.2. The molecule has 0 saturated carbocycles. The monoisotopic (exact) mass is 412 g/mol. The molecule has 0 bridgehead atoms. The molecule has 0 spiro atoms. The second-order valence-electron chi connectivity index (χ2n) is 7.66. The van der Waals surface area contributed by atoms with Crippen molar-refractivity contribution in [3.8, 4) is 11.5 Å². The summed E-state index contributed by atoms with van der Waals surface area (Å²) in [6.45, 7) is 5.42. The fourth-order valence-corrected chi connectivity index (χ4v) is 6.99. The number of fused-ring (bicyclic) bond motifs is 1. The summed E-state index contributed by atoms with van der Waals surface area (Å²) in [7, 11) is -0.0198. The maximum atomic E-state index is 12.5. The van der Waals surface area contributed by atoms with Crippen LogP contribution in [-0.4, -0.2) is 56.5 Å². The van der Waals surface area contributed by atoms with Crippen molar-refractivity contribution in [1.29, 1.82) is 0 Å². The molecule has 0 aromatic heterocycles. The maximum Gasteiger partial charge on any atom is 0.253 e. The minimum absolute atomic E-state index is 0.0303. The number of rotatable bonds is 3. The second kappa shape index (κ2) is 7.01. The van der Waals surface area contributed by atoms with Crippen molar-refractivity contribution in [3.63, 3.8) is 0 Å². The number of nitrogens with zero attached hydrogens (tertiary/aromatic N) is 2. The van der Waals surface area contributed by atoms with Gasteiger partial charge in [-0.3, -0.25) is 4.79 Å². The Morgan fingerprint density at radius 1 is 1.22 bits per heavy atom. The number of amidine groups is 1. The fourth-order valence-electron chi connectivity index (χ4n) is 3.08. The van der Waals surface area contributed by atoms with Gasteiger partial charge in [0.2, 0.25) is 0 Å². The summed E-state index contributed by atoms with van der Waals surface area (Å²) >= 11 is 1.35. The van der Waals surface area contributed by atoms with Gasteiger partial charge in [-0.25, -0.2) is 8.42 Å². The van der Waals surface area contributed by atoms with E-state index in [9.17, 15) is 13.2 Å². The molecule has 0 aliphatic carbocycles. The summed E-state index contributed by atoms with van der Waals surface area (Å²) in [5.41, 5.74) is 0.0587. The third-order valence-corrected chi connectivity index (χ3v) is 7.76. The van der Waals surface area contributed by atoms with Gasteiger partial charge in [-0.2, -0.15) is 4.99 Å². The number of hydrogen-bond donors (Lipinski definition) is 0. The molecule has 2 saturated heterocycles. The Morgan fingerprint density at radius 3 is 2.52 bits per heavy atom. The van der Waals surface area contributed by atoms with Gasteiger partial charge in [-0.1, -0.05) is 32.5 Å². The predicted molar refractivity (Wildman–Crippen MR) is 108 cm³/mol. The highest BCUT2D eigenvalue weighted by Crippen LogP contribution is 2.45. The van der Waals surface area contributed by atoms with Crippen LogP contribution in [0.3, 0.4) is 0 Å². The number of amides is 1. The highest BCUT2D eigenvalue weighted by Gasteiger charge is 2.50. The van der Waals surface area contributed by atoms with E-state index in [0.717, 1.165) is 0 Å². The zero-order valence-corrected chi connectivity index (χ0v) is 17.7. The van der Waals surface area contributed by atoms with Crippen molar-refractivity contribution in [2.45, 2.75) is 32.1 Å². The first-order chi connectivity index (χ1) is 12.6. The van der Waals surface area contributed by atoms with E-state index in [1.807, 2.05) is 31.7 Å². The molecule has 2 aliphatic heterocycles. The topological polar surface area (TPSA) is 85.3 Å². The van der Waals surface area contributed by atoms with E-state index in [1.54, 1.807) is 26.4 Å². The molecule has 9 heteroatoms. The molecule has 2 atom stereocenters. The predicted octanol–water partition coefficient (Wildman–Crippen LogP) is 2.35. The molecule has 27 heavy (non-hydrogen) atoms. The number of anilines is 1. The number of thioether (sulfide) groups is 1. The third kappa shape index (κ3) is 3.94. The summed E-state index contributed by atoms with van der Waals surface area (Å²) in [5.74, 6) is 1.03. The number of aliphatic imine (C=N–C) groups is 1. The lowest BCUT2D eigenvalue weighted by atomic mass is 9.96. The van der Waals surface area contributed by atoms with Crippen molar-refractivity contribution in [2.24, 2.45) is 10.4 Å². The molecule has 2 heterocycles. The Balaban J connectivity index is 2.09. The lowest BCUT2D eigenvalue weighted by Gasteiger charge is -2.27. The van der Waals surface area contributed by atoms with Crippen molar-refractivity contribution in [1.82, 2.24) is 0 Å². The molecule has 0 N–H and O–H groups in total. The van der Waals surface area contributed by atoms with Gasteiger partial charge in [-0.15, -0.1) is 0 Å². The van der Waals surface area contributed by atoms with E-state index in [2.05, 4.69) is 4.99 Å². The van der Waals surface area contributed by atoms with Crippen molar-refractivity contribution in [3.05, 3.63) is 18.2 Å². The van der Waals surface area contributed by atoms with Gasteiger partial charge in [-0.05, 0) is 12.1 Å². The fraction of sp³-hybridized carbons (Fsp3) is 0.556. The summed E-state index contributed by atoms with van der Waals surface area (Å²) in [6, 6.07) is 5.04. The molecule has 0 radical (unpaired) electrons. The standard InChI is InChI=1S/C18H24N2O5S2/c1-18(2,3)16(21)19-17-20(13-9-27(22,23)10-15(13)26-17)12-7-6-11(24-4)8-14(12)25-5/h6-8,13,15H,9-10H2,1-5H3/t13-,15-/m0/s1. The first-order valence-corrected chi connectivity index (χ1v) is 11.3. The average molecular weight is 413 g/mol. The molecular formula is C18H24N2O5S2. The zero-order valence-electron chi connectivity index (χ0n) is 16.1. The van der Waals surface area contributed by atoms with Gasteiger partial charge in [0.25, 0.3) is 5.91 Å². The van der Waals surface area contributed by atoms with Crippen molar-refractivity contribution < 1.29 is 22.7 Å². The van der Waals surface area contributed by atoms with Gasteiger partial charge in [0, 0.05) is 16.7 Å². The molecule has 0 unspecified atom stereocenters. The summed E-state index contributed by atoms with van der Waals surface area (Å²) in [5, 5.41) is 0.358. The number of carbonyl (C=O) groups excluding carboxylic acids is 1. The van der Waals surface area contributed by atoms with Gasteiger partial charge < -0.3 is 14.4 Å². The SMILES string of the molecule is COc1ccc(N2C(=NC(=O)C(C)(C)C)S[C@H]3CS(=O)(=O)C[C@@H]32)c(OC)c1. The van der Waals surface area contributed by atoms with E-state index in [4.69, 9.17) is 9.47 Å². The summed E-state index contributed by atoms with van der Waals surface area (Å²) < 4.78 is 35.1. The number of carbonyl (C=O) groups is 1. The van der Waals surface area contributed by atoms with Crippen LogP contribution in [0.4, 0.5) is 5.69 Å². The maximum absolute atomic E-state index is 12.5. The van der Waals surface area contributed by atoms with E-state index < -0.39 is 15.3 Å². The Kier molecular flexibility index (Phi) is 5.20. The van der Waals surface area contributed by atoms with Crippen molar-refractivity contribution in [2.75, 3.05) is 30.6 Å². The van der Waals surface area contributed by atoms with Gasteiger partial charge >= 0.3 is 0 Å². The first-order valence-electron chi connectivity index (χ1n) is 8.57. The quantitative estimate of drug-likeness (QED) is 0.753. The van der Waals surface area contributed by atoms with Crippen LogP contribution in [-0.2, 0) is 14.6 Å². The molecule has 1 aromatic carbocycles. The number of benzene rings is 1. The minimum Gasteiger partial charge on any atom is -0.497 e. The Morgan fingerprint density at radius 2 is 1.93 bits per heavy atom. The lowest BCUT2D eigenvalue weighted by Crippen LogP contribution is -2.38. The molecular weight excluding hydrogens is 388 g/mol. The minimum atomic E-state index is -3.13. The van der Waals surface area contributed by atoms with E-state index >= 15 is 0 Å². The second-order valence-corrected chi connectivity index (χ2v) is 11.0. The van der Waals surface area contributed by atoms with Crippen LogP contribution in [0.1, 0.15) is 20.8 Å². The highest BCUT2D eigenvalue weighted by molar-refractivity contribution is 8.16.